The van der Waals surface area contributed by atoms with E-state index in [9.17, 15) is 4.79 Å². The van der Waals surface area contributed by atoms with Gasteiger partial charge in [-0.05, 0) is 18.6 Å². The third-order valence-electron chi connectivity index (χ3n) is 3.41. The lowest BCUT2D eigenvalue weighted by atomic mass is 10.2. The lowest BCUT2D eigenvalue weighted by molar-refractivity contribution is -0.137. The molecule has 0 unspecified atom stereocenters. The highest BCUT2D eigenvalue weighted by Gasteiger charge is 2.18. The summed E-state index contributed by atoms with van der Waals surface area (Å²) >= 11 is 0. The van der Waals surface area contributed by atoms with Gasteiger partial charge >= 0.3 is 5.97 Å². The van der Waals surface area contributed by atoms with E-state index >= 15 is 0 Å². The topological polar surface area (TPSA) is 69.6 Å². The summed E-state index contributed by atoms with van der Waals surface area (Å²) in [6, 6.07) is 4.03. The Morgan fingerprint density at radius 1 is 1.26 bits per heavy atom. The predicted octanol–water partition coefficient (Wildman–Crippen LogP) is 0.636. The fourth-order valence-corrected chi connectivity index (χ4v) is 2.16. The second kappa shape index (κ2) is 6.47. The number of rotatable bonds is 5. The van der Waals surface area contributed by atoms with Crippen LogP contribution in [0.2, 0.25) is 0 Å². The molecule has 0 radical (unpaired) electrons. The van der Waals surface area contributed by atoms with Crippen molar-refractivity contribution in [3.05, 3.63) is 17.8 Å². The molecule has 1 aliphatic rings. The number of carboxylic acids is 1. The molecule has 1 aromatic rings. The van der Waals surface area contributed by atoms with Crippen molar-refractivity contribution < 1.29 is 9.90 Å². The van der Waals surface area contributed by atoms with Crippen LogP contribution in [-0.4, -0.2) is 58.9 Å². The number of anilines is 1. The maximum absolute atomic E-state index is 10.5. The second-order valence-electron chi connectivity index (χ2n) is 4.71. The SMILES string of the molecule is CCc1ccc(N2CCN(CCC(=O)O)CC2)nn1. The molecule has 1 saturated heterocycles. The van der Waals surface area contributed by atoms with E-state index in [-0.39, 0.29) is 6.42 Å². The Bertz CT molecular complexity index is 413. The highest BCUT2D eigenvalue weighted by molar-refractivity contribution is 5.66. The third kappa shape index (κ3) is 3.89. The molecule has 2 rings (SSSR count). The lowest BCUT2D eigenvalue weighted by Crippen LogP contribution is -2.47. The number of carbonyl (C=O) groups is 1. The van der Waals surface area contributed by atoms with Crippen molar-refractivity contribution in [1.82, 2.24) is 15.1 Å². The zero-order chi connectivity index (χ0) is 13.7. The Kier molecular flexibility index (Phi) is 4.68. The largest absolute Gasteiger partial charge is 0.481 e. The highest BCUT2D eigenvalue weighted by atomic mass is 16.4. The van der Waals surface area contributed by atoms with Crippen LogP contribution in [-0.2, 0) is 11.2 Å². The van der Waals surface area contributed by atoms with Crippen LogP contribution in [0.4, 0.5) is 5.82 Å². The molecule has 19 heavy (non-hydrogen) atoms. The third-order valence-corrected chi connectivity index (χ3v) is 3.41. The van der Waals surface area contributed by atoms with Crippen LogP contribution in [0.5, 0.6) is 0 Å². The fourth-order valence-electron chi connectivity index (χ4n) is 2.16. The van der Waals surface area contributed by atoms with E-state index in [0.717, 1.165) is 44.1 Å². The second-order valence-corrected chi connectivity index (χ2v) is 4.71. The number of aliphatic carboxylic acids is 1. The van der Waals surface area contributed by atoms with Gasteiger partial charge in [-0.3, -0.25) is 9.69 Å². The summed E-state index contributed by atoms with van der Waals surface area (Å²) in [4.78, 5) is 14.9. The number of piperazine rings is 1. The monoisotopic (exact) mass is 264 g/mol. The molecule has 6 heteroatoms. The van der Waals surface area contributed by atoms with E-state index in [2.05, 4.69) is 26.9 Å². The average molecular weight is 264 g/mol. The van der Waals surface area contributed by atoms with Gasteiger partial charge in [-0.15, -0.1) is 5.10 Å². The van der Waals surface area contributed by atoms with Gasteiger partial charge in [0.25, 0.3) is 0 Å². The molecule has 1 aliphatic heterocycles. The Labute approximate surface area is 113 Å². The molecule has 0 bridgehead atoms. The first-order valence-corrected chi connectivity index (χ1v) is 6.70. The molecule has 0 amide bonds. The highest BCUT2D eigenvalue weighted by Crippen LogP contribution is 2.13. The summed E-state index contributed by atoms with van der Waals surface area (Å²) in [5.41, 5.74) is 1.00. The van der Waals surface area contributed by atoms with Crippen LogP contribution in [0, 0.1) is 0 Å². The fraction of sp³-hybridized carbons (Fsp3) is 0.615. The molecule has 1 aromatic heterocycles. The summed E-state index contributed by atoms with van der Waals surface area (Å²) < 4.78 is 0. The standard InChI is InChI=1S/C13H20N4O2/c1-2-11-3-4-12(15-14-11)17-9-7-16(8-10-17)6-5-13(18)19/h3-4H,2,5-10H2,1H3,(H,18,19). The van der Waals surface area contributed by atoms with Crippen molar-refractivity contribution in [2.45, 2.75) is 19.8 Å². The van der Waals surface area contributed by atoms with E-state index in [0.29, 0.717) is 6.54 Å². The molecule has 1 N–H and O–H groups in total. The normalized spacial score (nSPS) is 16.6. The molecule has 6 nitrogen and oxygen atoms in total. The van der Waals surface area contributed by atoms with E-state index in [4.69, 9.17) is 5.11 Å². The smallest absolute Gasteiger partial charge is 0.304 e. The van der Waals surface area contributed by atoms with Gasteiger partial charge < -0.3 is 10.0 Å². The number of aryl methyl sites for hydroxylation is 1. The number of aromatic nitrogens is 2. The van der Waals surface area contributed by atoms with Gasteiger partial charge in [0.05, 0.1) is 12.1 Å². The first kappa shape index (κ1) is 13.7. The minimum Gasteiger partial charge on any atom is -0.481 e. The zero-order valence-electron chi connectivity index (χ0n) is 11.2. The maximum Gasteiger partial charge on any atom is 0.304 e. The van der Waals surface area contributed by atoms with Crippen molar-refractivity contribution in [2.75, 3.05) is 37.6 Å². The number of hydrogen-bond acceptors (Lipinski definition) is 5. The summed E-state index contributed by atoms with van der Waals surface area (Å²) in [6.07, 6.45) is 1.11. The van der Waals surface area contributed by atoms with Gasteiger partial charge in [-0.2, -0.15) is 5.10 Å². The zero-order valence-corrected chi connectivity index (χ0v) is 11.2. The molecule has 2 heterocycles. The number of hydrogen-bond donors (Lipinski definition) is 1. The number of carboxylic acid groups (broad SMARTS) is 1. The van der Waals surface area contributed by atoms with E-state index in [1.165, 1.54) is 0 Å². The Morgan fingerprint density at radius 2 is 2.00 bits per heavy atom. The van der Waals surface area contributed by atoms with Gasteiger partial charge in [0.15, 0.2) is 5.82 Å². The Hall–Kier alpha value is -1.69. The summed E-state index contributed by atoms with van der Waals surface area (Å²) in [7, 11) is 0. The first-order chi connectivity index (χ1) is 9.19. The van der Waals surface area contributed by atoms with Crippen molar-refractivity contribution in [3.8, 4) is 0 Å². The molecule has 0 atom stereocenters. The quantitative estimate of drug-likeness (QED) is 0.841. The summed E-state index contributed by atoms with van der Waals surface area (Å²) in [5, 5.41) is 17.1. The summed E-state index contributed by atoms with van der Waals surface area (Å²) in [5.74, 6) is 0.179. The van der Waals surface area contributed by atoms with Crippen LogP contribution in [0.3, 0.4) is 0 Å². The van der Waals surface area contributed by atoms with Crippen LogP contribution in [0.25, 0.3) is 0 Å². The first-order valence-electron chi connectivity index (χ1n) is 6.70. The number of nitrogens with zero attached hydrogens (tertiary/aromatic N) is 4. The maximum atomic E-state index is 10.5. The molecular weight excluding hydrogens is 244 g/mol. The average Bonchev–Trinajstić information content (AvgIpc) is 2.46. The Balaban J connectivity index is 1.83. The van der Waals surface area contributed by atoms with Crippen molar-refractivity contribution in [1.29, 1.82) is 0 Å². The summed E-state index contributed by atoms with van der Waals surface area (Å²) in [6.45, 7) is 6.20. The van der Waals surface area contributed by atoms with Gasteiger partial charge in [0, 0.05) is 32.7 Å². The van der Waals surface area contributed by atoms with Crippen LogP contribution in [0.15, 0.2) is 12.1 Å². The lowest BCUT2D eigenvalue weighted by Gasteiger charge is -2.34. The molecule has 1 fully saturated rings. The molecule has 104 valence electrons. The minimum absolute atomic E-state index is 0.213. The van der Waals surface area contributed by atoms with Crippen molar-refractivity contribution in [2.24, 2.45) is 0 Å². The van der Waals surface area contributed by atoms with Gasteiger partial charge in [-0.25, -0.2) is 0 Å². The molecule has 0 aromatic carbocycles. The van der Waals surface area contributed by atoms with Crippen LogP contribution in [0.1, 0.15) is 19.0 Å². The van der Waals surface area contributed by atoms with E-state index < -0.39 is 5.97 Å². The van der Waals surface area contributed by atoms with Gasteiger partial charge in [0.1, 0.15) is 0 Å². The molecular formula is C13H20N4O2. The van der Waals surface area contributed by atoms with Crippen molar-refractivity contribution in [3.63, 3.8) is 0 Å². The molecule has 0 aliphatic carbocycles. The van der Waals surface area contributed by atoms with Gasteiger partial charge in [0.2, 0.25) is 0 Å². The van der Waals surface area contributed by atoms with E-state index in [1.54, 1.807) is 0 Å². The van der Waals surface area contributed by atoms with Crippen LogP contribution < -0.4 is 4.90 Å². The van der Waals surface area contributed by atoms with Gasteiger partial charge in [-0.1, -0.05) is 6.92 Å². The van der Waals surface area contributed by atoms with E-state index in [1.807, 2.05) is 12.1 Å². The minimum atomic E-state index is -0.733. The van der Waals surface area contributed by atoms with Crippen LogP contribution >= 0.6 is 0 Å². The van der Waals surface area contributed by atoms with Crippen molar-refractivity contribution >= 4 is 11.8 Å². The predicted molar refractivity (Wildman–Crippen MR) is 72.3 cm³/mol. The Morgan fingerprint density at radius 3 is 2.53 bits per heavy atom. The molecule has 0 spiro atoms. The molecule has 0 saturated carbocycles.